The van der Waals surface area contributed by atoms with Crippen LogP contribution in [0.5, 0.6) is 0 Å². The molecule has 7 nitrogen and oxygen atoms in total. The second-order valence-corrected chi connectivity index (χ2v) is 8.70. The van der Waals surface area contributed by atoms with Crippen molar-refractivity contribution in [1.82, 2.24) is 14.9 Å². The van der Waals surface area contributed by atoms with Crippen LogP contribution < -0.4 is 4.90 Å². The summed E-state index contributed by atoms with van der Waals surface area (Å²) in [6.07, 6.45) is 2.65. The van der Waals surface area contributed by atoms with E-state index in [1.54, 1.807) is 17.0 Å². The van der Waals surface area contributed by atoms with Crippen molar-refractivity contribution in [2.45, 2.75) is 25.7 Å². The summed E-state index contributed by atoms with van der Waals surface area (Å²) in [6, 6.07) is 11.1. The van der Waals surface area contributed by atoms with E-state index in [1.165, 1.54) is 6.26 Å². The number of aromatic nitrogens is 2. The molecule has 1 aromatic carbocycles. The maximum atomic E-state index is 12.9. The predicted octanol–water partition coefficient (Wildman–Crippen LogP) is 3.91. The fourth-order valence-corrected chi connectivity index (χ4v) is 4.66. The summed E-state index contributed by atoms with van der Waals surface area (Å²) in [5.74, 6) is 1.04. The molecule has 0 saturated carbocycles. The molecule has 1 aliphatic carbocycles. The average molecular weight is 451 g/mol. The van der Waals surface area contributed by atoms with Crippen LogP contribution in [0.2, 0.25) is 5.02 Å². The van der Waals surface area contributed by atoms with Gasteiger partial charge in [0, 0.05) is 37.6 Å². The first-order valence-electron chi connectivity index (χ1n) is 10.7. The van der Waals surface area contributed by atoms with Gasteiger partial charge in [-0.2, -0.15) is 0 Å². The van der Waals surface area contributed by atoms with Gasteiger partial charge < -0.3 is 14.2 Å². The van der Waals surface area contributed by atoms with Gasteiger partial charge in [-0.3, -0.25) is 9.59 Å². The maximum absolute atomic E-state index is 12.9. The number of carbonyl (C=O) groups is 2. The Labute approximate surface area is 191 Å². The Hall–Kier alpha value is -3.19. The minimum Gasteiger partial charge on any atom is -0.459 e. The molecule has 0 N–H and O–H groups in total. The normalized spacial score (nSPS) is 18.6. The van der Waals surface area contributed by atoms with Crippen LogP contribution in [0.25, 0.3) is 0 Å². The van der Waals surface area contributed by atoms with Crippen LogP contribution >= 0.6 is 11.6 Å². The van der Waals surface area contributed by atoms with Crippen molar-refractivity contribution in [1.29, 1.82) is 0 Å². The lowest BCUT2D eigenvalue weighted by Gasteiger charge is -2.35. The minimum absolute atomic E-state index is 0.0807. The molecule has 0 bridgehead atoms. The highest BCUT2D eigenvalue weighted by Crippen LogP contribution is 2.34. The van der Waals surface area contributed by atoms with Gasteiger partial charge in [0.05, 0.1) is 23.2 Å². The SMILES string of the molecule is Cc1nc(N2CCN(C(=O)c3ccco3)CC2)nc2c1C(=O)C[C@H](c1ccc(Cl)cc1)C2. The van der Waals surface area contributed by atoms with Gasteiger partial charge in [0.15, 0.2) is 11.5 Å². The number of hydrogen-bond donors (Lipinski definition) is 0. The number of nitrogens with zero attached hydrogens (tertiary/aromatic N) is 4. The van der Waals surface area contributed by atoms with Crippen molar-refractivity contribution >= 4 is 29.2 Å². The van der Waals surface area contributed by atoms with Crippen LogP contribution in [0.1, 0.15) is 50.2 Å². The van der Waals surface area contributed by atoms with Gasteiger partial charge in [0.1, 0.15) is 0 Å². The summed E-state index contributed by atoms with van der Waals surface area (Å²) in [4.78, 5) is 38.7. The molecular formula is C24H23ClN4O3. The average Bonchev–Trinajstić information content (AvgIpc) is 3.33. The van der Waals surface area contributed by atoms with Crippen molar-refractivity contribution in [2.24, 2.45) is 0 Å². The lowest BCUT2D eigenvalue weighted by Crippen LogP contribution is -2.49. The van der Waals surface area contributed by atoms with E-state index in [2.05, 4.69) is 9.88 Å². The number of amides is 1. The fraction of sp³-hybridized carbons (Fsp3) is 0.333. The second kappa shape index (κ2) is 8.39. The molecule has 2 aliphatic rings. The molecule has 3 heterocycles. The van der Waals surface area contributed by atoms with Crippen molar-refractivity contribution in [3.8, 4) is 0 Å². The molecule has 1 saturated heterocycles. The number of hydrogen-bond acceptors (Lipinski definition) is 6. The molecule has 32 heavy (non-hydrogen) atoms. The summed E-state index contributed by atoms with van der Waals surface area (Å²) < 4.78 is 5.23. The predicted molar refractivity (Wildman–Crippen MR) is 120 cm³/mol. The molecule has 3 aromatic rings. The third kappa shape index (κ3) is 3.88. The molecule has 1 atom stereocenters. The van der Waals surface area contributed by atoms with Crippen molar-refractivity contribution in [3.05, 3.63) is 76.0 Å². The lowest BCUT2D eigenvalue weighted by molar-refractivity contribution is 0.0713. The van der Waals surface area contributed by atoms with Gasteiger partial charge in [-0.1, -0.05) is 23.7 Å². The zero-order chi connectivity index (χ0) is 22.2. The molecule has 164 valence electrons. The summed E-state index contributed by atoms with van der Waals surface area (Å²) in [7, 11) is 0. The van der Waals surface area contributed by atoms with Gasteiger partial charge in [-0.05, 0) is 49.1 Å². The number of piperazine rings is 1. The van der Waals surface area contributed by atoms with Crippen LogP contribution in [0.4, 0.5) is 5.95 Å². The molecule has 1 aliphatic heterocycles. The van der Waals surface area contributed by atoms with E-state index in [0.717, 1.165) is 17.0 Å². The number of carbonyl (C=O) groups excluding carboxylic acids is 2. The number of ketones is 1. The van der Waals surface area contributed by atoms with Crippen LogP contribution in [0, 0.1) is 6.92 Å². The number of benzene rings is 1. The quantitative estimate of drug-likeness (QED) is 0.602. The fourth-order valence-electron chi connectivity index (χ4n) is 4.54. The molecule has 5 rings (SSSR count). The first kappa shape index (κ1) is 20.7. The molecule has 0 unspecified atom stereocenters. The number of aryl methyl sites for hydroxylation is 1. The number of rotatable bonds is 3. The number of halogens is 1. The highest BCUT2D eigenvalue weighted by atomic mass is 35.5. The summed E-state index contributed by atoms with van der Waals surface area (Å²) in [6.45, 7) is 4.25. The number of furan rings is 1. The Bertz CT molecular complexity index is 1150. The smallest absolute Gasteiger partial charge is 0.289 e. The third-order valence-electron chi connectivity index (χ3n) is 6.23. The molecule has 1 fully saturated rings. The number of fused-ring (bicyclic) bond motifs is 1. The first-order chi connectivity index (χ1) is 15.5. The van der Waals surface area contributed by atoms with E-state index in [0.29, 0.717) is 61.3 Å². The summed E-state index contributed by atoms with van der Waals surface area (Å²) in [5.41, 5.74) is 3.28. The Balaban J connectivity index is 1.34. The molecule has 0 radical (unpaired) electrons. The van der Waals surface area contributed by atoms with E-state index in [9.17, 15) is 9.59 Å². The standard InChI is InChI=1S/C24H23ClN4O3/c1-15-22-19(13-17(14-20(22)30)16-4-6-18(25)7-5-16)27-24(26-15)29-10-8-28(9-11-29)23(31)21-3-2-12-32-21/h2-7,12,17H,8-11,13-14H2,1H3/t17-/m1/s1. The molecule has 0 spiro atoms. The zero-order valence-electron chi connectivity index (χ0n) is 17.8. The molecule has 8 heteroatoms. The lowest BCUT2D eigenvalue weighted by atomic mass is 9.81. The van der Waals surface area contributed by atoms with Gasteiger partial charge >= 0.3 is 0 Å². The van der Waals surface area contributed by atoms with E-state index in [1.807, 2.05) is 31.2 Å². The van der Waals surface area contributed by atoms with E-state index >= 15 is 0 Å². The summed E-state index contributed by atoms with van der Waals surface area (Å²) in [5, 5.41) is 0.682. The van der Waals surface area contributed by atoms with Crippen LogP contribution in [-0.2, 0) is 6.42 Å². The molecular weight excluding hydrogens is 428 g/mol. The highest BCUT2D eigenvalue weighted by Gasteiger charge is 2.31. The second-order valence-electron chi connectivity index (χ2n) is 8.27. The van der Waals surface area contributed by atoms with Crippen molar-refractivity contribution in [3.63, 3.8) is 0 Å². The molecule has 1 amide bonds. The van der Waals surface area contributed by atoms with E-state index < -0.39 is 0 Å². The van der Waals surface area contributed by atoms with E-state index in [-0.39, 0.29) is 17.6 Å². The van der Waals surface area contributed by atoms with Gasteiger partial charge in [-0.15, -0.1) is 0 Å². The molecule has 2 aromatic heterocycles. The zero-order valence-corrected chi connectivity index (χ0v) is 18.5. The van der Waals surface area contributed by atoms with Crippen LogP contribution in [0.15, 0.2) is 47.1 Å². The Morgan fingerprint density at radius 1 is 1.06 bits per heavy atom. The Morgan fingerprint density at radius 2 is 1.81 bits per heavy atom. The highest BCUT2D eigenvalue weighted by molar-refractivity contribution is 6.30. The van der Waals surface area contributed by atoms with Crippen molar-refractivity contribution < 1.29 is 14.0 Å². The largest absolute Gasteiger partial charge is 0.459 e. The minimum atomic E-state index is -0.103. The van der Waals surface area contributed by atoms with Gasteiger partial charge in [0.25, 0.3) is 5.91 Å². The number of Topliss-reactive ketones (excluding diaryl/α,β-unsaturated/α-hetero) is 1. The van der Waals surface area contributed by atoms with Gasteiger partial charge in [-0.25, -0.2) is 9.97 Å². The summed E-state index contributed by atoms with van der Waals surface area (Å²) >= 11 is 6.02. The van der Waals surface area contributed by atoms with E-state index in [4.69, 9.17) is 21.0 Å². The van der Waals surface area contributed by atoms with Crippen LogP contribution in [-0.4, -0.2) is 52.7 Å². The first-order valence-corrected chi connectivity index (χ1v) is 11.1. The maximum Gasteiger partial charge on any atom is 0.289 e. The van der Waals surface area contributed by atoms with Gasteiger partial charge in [0.2, 0.25) is 5.95 Å². The van der Waals surface area contributed by atoms with Crippen molar-refractivity contribution in [2.75, 3.05) is 31.1 Å². The topological polar surface area (TPSA) is 79.5 Å². The monoisotopic (exact) mass is 450 g/mol. The Kier molecular flexibility index (Phi) is 5.43. The third-order valence-corrected chi connectivity index (χ3v) is 6.48. The number of anilines is 1. The Morgan fingerprint density at radius 3 is 2.50 bits per heavy atom. The van der Waals surface area contributed by atoms with Crippen LogP contribution in [0.3, 0.4) is 0 Å².